The Labute approximate surface area is 65.3 Å². The normalized spacial score (nSPS) is 47.1. The maximum absolute atomic E-state index is 8.96. The maximum atomic E-state index is 8.96. The Morgan fingerprint density at radius 3 is 1.82 bits per heavy atom. The molecule has 0 spiro atoms. The van der Waals surface area contributed by atoms with E-state index in [1.54, 1.807) is 0 Å². The average Bonchev–Trinajstić information content (AvgIpc) is 2.60. The zero-order chi connectivity index (χ0) is 7.84. The summed E-state index contributed by atoms with van der Waals surface area (Å²) in [6.45, 7) is 0.216. The van der Waals surface area contributed by atoms with Crippen molar-refractivity contribution in [1.29, 1.82) is 0 Å². The molecule has 3 nitrogen and oxygen atoms in total. The van der Waals surface area contributed by atoms with Crippen molar-refractivity contribution < 1.29 is 14.9 Å². The Kier molecular flexibility index (Phi) is 1.71. The van der Waals surface area contributed by atoms with Crippen molar-refractivity contribution in [2.75, 3.05) is 13.2 Å². The zero-order valence-corrected chi connectivity index (χ0v) is 6.18. The Morgan fingerprint density at radius 1 is 1.00 bits per heavy atom. The predicted octanol–water partition coefficient (Wildman–Crippen LogP) is -0.459. The van der Waals surface area contributed by atoms with Gasteiger partial charge in [0.2, 0.25) is 0 Å². The van der Waals surface area contributed by atoms with Gasteiger partial charge >= 0.3 is 0 Å². The van der Waals surface area contributed by atoms with Crippen LogP contribution in [0, 0.1) is 11.8 Å². The van der Waals surface area contributed by atoms with Gasteiger partial charge in [-0.05, 0) is 0 Å². The molecule has 2 rings (SSSR count). The Balaban J connectivity index is 2.15. The molecule has 1 saturated heterocycles. The molecule has 0 radical (unpaired) electrons. The lowest BCUT2D eigenvalue weighted by atomic mass is 9.84. The molecule has 0 aromatic carbocycles. The first-order chi connectivity index (χ1) is 5.36. The van der Waals surface area contributed by atoms with Crippen LogP contribution in [0.2, 0.25) is 0 Å². The van der Waals surface area contributed by atoms with Crippen LogP contribution in [0.15, 0.2) is 12.2 Å². The molecular formula is C8H12O3. The first-order valence-corrected chi connectivity index (χ1v) is 3.92. The fourth-order valence-electron chi connectivity index (χ4n) is 1.94. The Bertz CT molecular complexity index is 160. The van der Waals surface area contributed by atoms with Gasteiger partial charge in [-0.15, -0.1) is 0 Å². The molecule has 11 heavy (non-hydrogen) atoms. The molecule has 2 aliphatic heterocycles. The highest BCUT2D eigenvalue weighted by Crippen LogP contribution is 2.38. The molecule has 0 aromatic rings. The van der Waals surface area contributed by atoms with Gasteiger partial charge in [-0.2, -0.15) is 0 Å². The van der Waals surface area contributed by atoms with Gasteiger partial charge in [0, 0.05) is 25.0 Å². The first-order valence-electron chi connectivity index (χ1n) is 3.92. The molecule has 2 unspecified atom stereocenters. The van der Waals surface area contributed by atoms with Crippen LogP contribution in [0.25, 0.3) is 0 Å². The van der Waals surface area contributed by atoms with Crippen molar-refractivity contribution in [1.82, 2.24) is 0 Å². The largest absolute Gasteiger partial charge is 0.396 e. The Hall–Kier alpha value is -0.380. The van der Waals surface area contributed by atoms with E-state index in [0.29, 0.717) is 0 Å². The quantitative estimate of drug-likeness (QED) is 0.532. The molecule has 1 fully saturated rings. The molecule has 2 N–H and O–H groups in total. The molecule has 2 heterocycles. The summed E-state index contributed by atoms with van der Waals surface area (Å²) in [5.74, 6) is 0.213. The van der Waals surface area contributed by atoms with Gasteiger partial charge in [-0.3, -0.25) is 0 Å². The van der Waals surface area contributed by atoms with Gasteiger partial charge in [-0.25, -0.2) is 0 Å². The van der Waals surface area contributed by atoms with E-state index >= 15 is 0 Å². The van der Waals surface area contributed by atoms with Crippen molar-refractivity contribution in [3.8, 4) is 0 Å². The van der Waals surface area contributed by atoms with E-state index in [0.717, 1.165) is 0 Å². The van der Waals surface area contributed by atoms with Crippen LogP contribution < -0.4 is 0 Å². The summed E-state index contributed by atoms with van der Waals surface area (Å²) in [5, 5.41) is 17.9. The summed E-state index contributed by atoms with van der Waals surface area (Å²) in [5.41, 5.74) is 0. The summed E-state index contributed by atoms with van der Waals surface area (Å²) >= 11 is 0. The van der Waals surface area contributed by atoms with Crippen molar-refractivity contribution in [3.63, 3.8) is 0 Å². The smallest absolute Gasteiger partial charge is 0.0819 e. The molecule has 4 atom stereocenters. The van der Waals surface area contributed by atoms with Gasteiger partial charge < -0.3 is 14.9 Å². The number of aliphatic hydroxyl groups excluding tert-OH is 2. The number of aliphatic hydroxyl groups is 2. The Morgan fingerprint density at radius 2 is 1.45 bits per heavy atom. The summed E-state index contributed by atoms with van der Waals surface area (Å²) in [6, 6.07) is 0. The van der Waals surface area contributed by atoms with Crippen LogP contribution in [0.4, 0.5) is 0 Å². The van der Waals surface area contributed by atoms with E-state index < -0.39 is 0 Å². The molecule has 3 heteroatoms. The van der Waals surface area contributed by atoms with Gasteiger partial charge in [0.15, 0.2) is 0 Å². The van der Waals surface area contributed by atoms with Crippen LogP contribution >= 0.6 is 0 Å². The number of hydrogen-bond acceptors (Lipinski definition) is 3. The fraction of sp³-hybridized carbons (Fsp3) is 0.750. The third-order valence-electron chi connectivity index (χ3n) is 2.62. The van der Waals surface area contributed by atoms with Crippen LogP contribution in [0.5, 0.6) is 0 Å². The maximum Gasteiger partial charge on any atom is 0.0819 e. The summed E-state index contributed by atoms with van der Waals surface area (Å²) in [6.07, 6.45) is 4.03. The third-order valence-corrected chi connectivity index (χ3v) is 2.62. The minimum atomic E-state index is 0.0437. The second kappa shape index (κ2) is 2.59. The van der Waals surface area contributed by atoms with Crippen LogP contribution in [-0.2, 0) is 4.74 Å². The lowest BCUT2D eigenvalue weighted by molar-refractivity contribution is 0.0910. The SMILES string of the molecule is OC[C@@H]1C2C=CC(O2)[C@@H]1CO. The van der Waals surface area contributed by atoms with Crippen molar-refractivity contribution in [3.05, 3.63) is 12.2 Å². The lowest BCUT2D eigenvalue weighted by Gasteiger charge is -2.20. The minimum absolute atomic E-state index is 0.0437. The fourth-order valence-corrected chi connectivity index (χ4v) is 1.94. The monoisotopic (exact) mass is 156 g/mol. The van der Waals surface area contributed by atoms with Crippen LogP contribution in [0.3, 0.4) is 0 Å². The van der Waals surface area contributed by atoms with Crippen LogP contribution in [0.1, 0.15) is 0 Å². The van der Waals surface area contributed by atoms with Crippen LogP contribution in [-0.4, -0.2) is 35.6 Å². The van der Waals surface area contributed by atoms with E-state index in [4.69, 9.17) is 14.9 Å². The van der Waals surface area contributed by atoms with E-state index in [2.05, 4.69) is 0 Å². The molecule has 0 aromatic heterocycles. The third kappa shape index (κ3) is 0.922. The minimum Gasteiger partial charge on any atom is -0.396 e. The second-order valence-electron chi connectivity index (χ2n) is 3.14. The number of fused-ring (bicyclic) bond motifs is 2. The first kappa shape index (κ1) is 7.28. The van der Waals surface area contributed by atoms with Crippen molar-refractivity contribution in [2.24, 2.45) is 11.8 Å². The van der Waals surface area contributed by atoms with Gasteiger partial charge in [-0.1, -0.05) is 12.2 Å². The second-order valence-corrected chi connectivity index (χ2v) is 3.14. The molecular weight excluding hydrogens is 144 g/mol. The predicted molar refractivity (Wildman–Crippen MR) is 39.0 cm³/mol. The van der Waals surface area contributed by atoms with Crippen molar-refractivity contribution >= 4 is 0 Å². The van der Waals surface area contributed by atoms with Gasteiger partial charge in [0.1, 0.15) is 0 Å². The molecule has 0 amide bonds. The van der Waals surface area contributed by atoms with E-state index in [9.17, 15) is 0 Å². The van der Waals surface area contributed by atoms with Gasteiger partial charge in [0.25, 0.3) is 0 Å². The molecule has 2 bridgehead atoms. The van der Waals surface area contributed by atoms with Crippen molar-refractivity contribution in [2.45, 2.75) is 12.2 Å². The number of hydrogen-bond donors (Lipinski definition) is 2. The number of rotatable bonds is 2. The highest BCUT2D eigenvalue weighted by molar-refractivity contribution is 5.14. The summed E-state index contributed by atoms with van der Waals surface area (Å²) in [4.78, 5) is 0. The summed E-state index contributed by atoms with van der Waals surface area (Å²) < 4.78 is 5.45. The molecule has 0 aliphatic carbocycles. The molecule has 62 valence electrons. The summed E-state index contributed by atoms with van der Waals surface area (Å²) in [7, 11) is 0. The molecule has 0 saturated carbocycles. The van der Waals surface area contributed by atoms with Gasteiger partial charge in [0.05, 0.1) is 12.2 Å². The highest BCUT2D eigenvalue weighted by Gasteiger charge is 2.44. The van der Waals surface area contributed by atoms with E-state index in [-0.39, 0.29) is 37.3 Å². The van der Waals surface area contributed by atoms with E-state index in [1.807, 2.05) is 12.2 Å². The topological polar surface area (TPSA) is 49.7 Å². The highest BCUT2D eigenvalue weighted by atomic mass is 16.5. The molecule has 2 aliphatic rings. The zero-order valence-electron chi connectivity index (χ0n) is 6.18. The average molecular weight is 156 g/mol. The number of ether oxygens (including phenoxy) is 1. The van der Waals surface area contributed by atoms with E-state index in [1.165, 1.54) is 0 Å². The lowest BCUT2D eigenvalue weighted by Crippen LogP contribution is -2.29. The standard InChI is InChI=1S/C8H12O3/c9-3-5-6(4-10)8-2-1-7(5)11-8/h1-2,5-10H,3-4H2/t5-,6+,7?,8?.